The first-order valence-corrected chi connectivity index (χ1v) is 11.8. The van der Waals surface area contributed by atoms with Crippen LogP contribution < -0.4 is 4.90 Å². The van der Waals surface area contributed by atoms with Crippen molar-refractivity contribution in [3.63, 3.8) is 0 Å². The molecule has 3 fully saturated rings. The van der Waals surface area contributed by atoms with Gasteiger partial charge in [-0.15, -0.1) is 0 Å². The number of rotatable bonds is 5. The highest BCUT2D eigenvalue weighted by atomic mass is 16.5. The lowest BCUT2D eigenvalue weighted by atomic mass is 9.63. The molecule has 0 aromatic heterocycles. The van der Waals surface area contributed by atoms with E-state index in [0.29, 0.717) is 23.1 Å². The second kappa shape index (κ2) is 7.49. The van der Waals surface area contributed by atoms with Crippen molar-refractivity contribution < 1.29 is 23.9 Å². The van der Waals surface area contributed by atoms with Crippen molar-refractivity contribution in [2.75, 3.05) is 4.90 Å². The van der Waals surface area contributed by atoms with Gasteiger partial charge in [-0.25, -0.2) is 4.79 Å². The summed E-state index contributed by atoms with van der Waals surface area (Å²) in [6, 6.07) is 13.4. The molecule has 2 aromatic rings. The number of esters is 1. The van der Waals surface area contributed by atoms with Gasteiger partial charge in [0.15, 0.2) is 6.10 Å². The highest BCUT2D eigenvalue weighted by molar-refractivity contribution is 6.22. The molecule has 0 spiro atoms. The molecular weight excluding hydrogens is 430 g/mol. The Morgan fingerprint density at radius 2 is 1.38 bits per heavy atom. The molecule has 34 heavy (non-hydrogen) atoms. The first-order chi connectivity index (χ1) is 16.3. The maximum Gasteiger partial charge on any atom is 0.338 e. The molecule has 2 bridgehead atoms. The van der Waals surface area contributed by atoms with Crippen molar-refractivity contribution in [2.45, 2.75) is 26.4 Å². The molecular formula is C28H25NO5. The Bertz CT molecular complexity index is 1210. The fourth-order valence-corrected chi connectivity index (χ4v) is 6.19. The van der Waals surface area contributed by atoms with Crippen LogP contribution in [0.4, 0.5) is 5.69 Å². The van der Waals surface area contributed by atoms with Gasteiger partial charge >= 0.3 is 5.97 Å². The van der Waals surface area contributed by atoms with Crippen molar-refractivity contribution in [1.29, 1.82) is 0 Å². The SMILES string of the molecule is Cc1ccc(C(=O)[C@H](C)OC(=O)c2ccc(N3C(=O)[C@@H]4[C@H]5C=C[C@@H]([C@@H]6C[C@@H]56)[C@H]4C3=O)cc2)cc1. The van der Waals surface area contributed by atoms with Crippen molar-refractivity contribution in [3.05, 3.63) is 77.4 Å². The van der Waals surface area contributed by atoms with Crippen molar-refractivity contribution in [2.24, 2.45) is 35.5 Å². The summed E-state index contributed by atoms with van der Waals surface area (Å²) in [6.07, 6.45) is 4.48. The van der Waals surface area contributed by atoms with Crippen LogP contribution >= 0.6 is 0 Å². The van der Waals surface area contributed by atoms with E-state index in [1.54, 1.807) is 31.2 Å². The lowest BCUT2D eigenvalue weighted by molar-refractivity contribution is -0.124. The van der Waals surface area contributed by atoms with E-state index in [-0.39, 0.29) is 46.8 Å². The molecule has 7 rings (SSSR count). The molecule has 0 N–H and O–H groups in total. The molecule has 172 valence electrons. The number of nitrogens with zero attached hydrogens (tertiary/aromatic N) is 1. The Hall–Kier alpha value is -3.54. The second-order valence-electron chi connectivity index (χ2n) is 9.99. The van der Waals surface area contributed by atoms with Gasteiger partial charge in [-0.3, -0.25) is 19.3 Å². The summed E-state index contributed by atoms with van der Waals surface area (Å²) in [5.74, 6) is -0.249. The van der Waals surface area contributed by atoms with E-state index >= 15 is 0 Å². The van der Waals surface area contributed by atoms with Crippen LogP contribution in [0.1, 0.15) is 39.6 Å². The number of hydrogen-bond acceptors (Lipinski definition) is 5. The number of aryl methyl sites for hydroxylation is 1. The van der Waals surface area contributed by atoms with E-state index in [4.69, 9.17) is 4.74 Å². The lowest BCUT2D eigenvalue weighted by Crippen LogP contribution is -2.40. The molecule has 0 unspecified atom stereocenters. The van der Waals surface area contributed by atoms with Crippen molar-refractivity contribution >= 4 is 29.3 Å². The van der Waals surface area contributed by atoms with E-state index in [1.165, 1.54) is 17.0 Å². The largest absolute Gasteiger partial charge is 0.451 e. The Labute approximate surface area is 197 Å². The van der Waals surface area contributed by atoms with Gasteiger partial charge in [0.25, 0.3) is 0 Å². The van der Waals surface area contributed by atoms with E-state index < -0.39 is 12.1 Å². The van der Waals surface area contributed by atoms with E-state index in [2.05, 4.69) is 12.2 Å². The van der Waals surface area contributed by atoms with E-state index in [0.717, 1.165) is 12.0 Å². The van der Waals surface area contributed by atoms with Gasteiger partial charge in [0.1, 0.15) is 0 Å². The molecule has 0 radical (unpaired) electrons. The van der Waals surface area contributed by atoms with Crippen LogP contribution in [0.25, 0.3) is 0 Å². The van der Waals surface area contributed by atoms with Gasteiger partial charge < -0.3 is 4.74 Å². The second-order valence-corrected chi connectivity index (χ2v) is 9.99. The number of imide groups is 1. The number of hydrogen-bond donors (Lipinski definition) is 0. The van der Waals surface area contributed by atoms with Crippen LogP contribution in [0.2, 0.25) is 0 Å². The fraction of sp³-hybridized carbons (Fsp3) is 0.357. The Morgan fingerprint density at radius 3 is 1.94 bits per heavy atom. The summed E-state index contributed by atoms with van der Waals surface area (Å²) in [6.45, 7) is 3.48. The number of allylic oxidation sites excluding steroid dienone is 2. The van der Waals surface area contributed by atoms with Gasteiger partial charge in [-0.2, -0.15) is 0 Å². The van der Waals surface area contributed by atoms with Crippen molar-refractivity contribution in [3.8, 4) is 0 Å². The molecule has 1 aliphatic heterocycles. The predicted octanol–water partition coefficient (Wildman–Crippen LogP) is 3.98. The number of amides is 2. The Kier molecular flexibility index (Phi) is 4.63. The first kappa shape index (κ1) is 21.0. The number of benzene rings is 2. The number of carbonyl (C=O) groups excluding carboxylic acids is 4. The summed E-state index contributed by atoms with van der Waals surface area (Å²) >= 11 is 0. The molecule has 6 heteroatoms. The third-order valence-electron chi connectivity index (χ3n) is 8.01. The van der Waals surface area contributed by atoms with Crippen molar-refractivity contribution in [1.82, 2.24) is 0 Å². The number of anilines is 1. The molecule has 1 saturated heterocycles. The van der Waals surface area contributed by atoms with Crippen LogP contribution in [-0.2, 0) is 14.3 Å². The molecule has 2 amide bonds. The molecule has 7 atom stereocenters. The third kappa shape index (κ3) is 3.08. The van der Waals surface area contributed by atoms with E-state index in [9.17, 15) is 19.2 Å². The summed E-state index contributed by atoms with van der Waals surface area (Å²) in [5, 5.41) is 0. The molecule has 2 saturated carbocycles. The summed E-state index contributed by atoms with van der Waals surface area (Å²) < 4.78 is 5.38. The number of ether oxygens (including phenoxy) is 1. The topological polar surface area (TPSA) is 80.8 Å². The van der Waals surface area contributed by atoms with Gasteiger partial charge in [-0.05, 0) is 68.2 Å². The minimum absolute atomic E-state index is 0.132. The molecule has 1 heterocycles. The summed E-state index contributed by atoms with van der Waals surface area (Å²) in [4.78, 5) is 53.0. The van der Waals surface area contributed by atoms with Crippen LogP contribution in [0.5, 0.6) is 0 Å². The first-order valence-electron chi connectivity index (χ1n) is 11.8. The average molecular weight is 456 g/mol. The zero-order valence-corrected chi connectivity index (χ0v) is 19.0. The number of ketones is 1. The lowest BCUT2D eigenvalue weighted by Gasteiger charge is -2.37. The smallest absolute Gasteiger partial charge is 0.338 e. The maximum atomic E-state index is 13.2. The minimum Gasteiger partial charge on any atom is -0.451 e. The quantitative estimate of drug-likeness (QED) is 0.295. The summed E-state index contributed by atoms with van der Waals surface area (Å²) in [7, 11) is 0. The molecule has 4 aliphatic carbocycles. The Balaban J connectivity index is 1.16. The zero-order chi connectivity index (χ0) is 23.7. The molecule has 2 aromatic carbocycles. The number of Topliss-reactive ketones (excluding diaryl/α,β-unsaturated/α-hetero) is 1. The van der Waals surface area contributed by atoms with Gasteiger partial charge in [0.05, 0.1) is 23.1 Å². The minimum atomic E-state index is -0.936. The maximum absolute atomic E-state index is 13.2. The van der Waals surface area contributed by atoms with Crippen LogP contribution in [0.3, 0.4) is 0 Å². The Morgan fingerprint density at radius 1 is 0.853 bits per heavy atom. The van der Waals surface area contributed by atoms with Gasteiger partial charge in [0, 0.05) is 5.56 Å². The summed E-state index contributed by atoms with van der Waals surface area (Å²) in [5.41, 5.74) is 2.25. The van der Waals surface area contributed by atoms with Crippen LogP contribution in [0, 0.1) is 42.4 Å². The predicted molar refractivity (Wildman–Crippen MR) is 124 cm³/mol. The molecule has 5 aliphatic rings. The third-order valence-corrected chi connectivity index (χ3v) is 8.01. The van der Waals surface area contributed by atoms with Gasteiger partial charge in [-0.1, -0.05) is 42.0 Å². The monoisotopic (exact) mass is 455 g/mol. The normalized spacial score (nSPS) is 31.2. The standard InChI is InChI=1S/C28H25NO5/c1-14-3-5-16(6-4-14)25(30)15(2)34-28(33)17-7-9-18(10-8-17)29-26(31)23-19-11-12-20(22-13-21(19)22)24(23)27(29)32/h3-12,15,19-24H,13H2,1-2H3/t15-,19-,20-,21-,22-,23+,24+/m0/s1. The van der Waals surface area contributed by atoms with Crippen LogP contribution in [0.15, 0.2) is 60.7 Å². The fourth-order valence-electron chi connectivity index (χ4n) is 6.19. The highest BCUT2D eigenvalue weighted by Gasteiger charge is 2.67. The highest BCUT2D eigenvalue weighted by Crippen LogP contribution is 2.65. The zero-order valence-electron chi connectivity index (χ0n) is 19.0. The number of carbonyl (C=O) groups is 4. The molecule has 6 nitrogen and oxygen atoms in total. The van der Waals surface area contributed by atoms with Crippen LogP contribution in [-0.4, -0.2) is 29.7 Å². The average Bonchev–Trinajstić information content (AvgIpc) is 3.62. The van der Waals surface area contributed by atoms with E-state index in [1.807, 2.05) is 19.1 Å². The van der Waals surface area contributed by atoms with Gasteiger partial charge in [0.2, 0.25) is 17.6 Å².